The lowest BCUT2D eigenvalue weighted by Gasteiger charge is -2.25. The van der Waals surface area contributed by atoms with E-state index in [0.717, 1.165) is 6.07 Å². The molecular formula is C18H15ClN6O5. The average Bonchev–Trinajstić information content (AvgIpc) is 3.04. The molecule has 1 fully saturated rings. The summed E-state index contributed by atoms with van der Waals surface area (Å²) in [4.78, 5) is 30.0. The number of benzene rings is 2. The first-order valence-electron chi connectivity index (χ1n) is 8.86. The highest BCUT2D eigenvalue weighted by Crippen LogP contribution is 2.37. The molecule has 3 atom stereocenters. The number of anilines is 1. The van der Waals surface area contributed by atoms with E-state index in [1.807, 2.05) is 0 Å². The summed E-state index contributed by atoms with van der Waals surface area (Å²) in [6.07, 6.45) is -1.13. The van der Waals surface area contributed by atoms with Gasteiger partial charge in [-0.15, -0.1) is 0 Å². The minimum absolute atomic E-state index is 0.0725. The van der Waals surface area contributed by atoms with Crippen LogP contribution in [0.5, 0.6) is 0 Å². The molecule has 0 bridgehead atoms. The van der Waals surface area contributed by atoms with Gasteiger partial charge in [0, 0.05) is 22.7 Å². The maximum atomic E-state index is 11.6. The van der Waals surface area contributed by atoms with Gasteiger partial charge >= 0.3 is 5.69 Å². The molecule has 2 aromatic rings. The van der Waals surface area contributed by atoms with Gasteiger partial charge in [0.25, 0.3) is 5.69 Å². The minimum Gasteiger partial charge on any atom is -0.371 e. The number of aliphatic hydroxyl groups excluding tert-OH is 1. The van der Waals surface area contributed by atoms with Crippen LogP contribution < -0.4 is 10.4 Å². The third-order valence-corrected chi connectivity index (χ3v) is 5.16. The Hall–Kier alpha value is -3.41. The third-order valence-electron chi connectivity index (χ3n) is 4.90. The Morgan fingerprint density at radius 2 is 1.83 bits per heavy atom. The number of aliphatic hydroxyl groups is 1. The molecule has 2 aromatic carbocycles. The zero-order valence-corrected chi connectivity index (χ0v) is 16.2. The highest BCUT2D eigenvalue weighted by molar-refractivity contribution is 6.30. The van der Waals surface area contributed by atoms with Crippen molar-refractivity contribution in [1.29, 1.82) is 0 Å². The van der Waals surface area contributed by atoms with Gasteiger partial charge in [0.2, 0.25) is 0 Å². The molecule has 0 aliphatic carbocycles. The quantitative estimate of drug-likeness (QED) is 0.559. The minimum atomic E-state index is -1.13. The predicted molar refractivity (Wildman–Crippen MR) is 110 cm³/mol. The second kappa shape index (κ2) is 7.44. The van der Waals surface area contributed by atoms with Gasteiger partial charge in [-0.05, 0) is 37.3 Å². The van der Waals surface area contributed by atoms with Gasteiger partial charge in [0.1, 0.15) is 11.5 Å². The molecule has 0 saturated carbocycles. The monoisotopic (exact) mass is 430 g/mol. The van der Waals surface area contributed by atoms with Crippen LogP contribution in [0.1, 0.15) is 12.5 Å². The summed E-state index contributed by atoms with van der Waals surface area (Å²) >= 11 is 5.92. The highest BCUT2D eigenvalue weighted by atomic mass is 35.5. The fraction of sp³-hybridized carbons (Fsp3) is 0.222. The van der Waals surface area contributed by atoms with Gasteiger partial charge in [-0.1, -0.05) is 11.6 Å². The summed E-state index contributed by atoms with van der Waals surface area (Å²) in [5.74, 6) is 0.0126. The SMILES string of the molecule is CC1NN(c2ccc([N+](=O)[O-])cc2[N+](=O)[O-])C2=NC(c3ccc(Cl)cc3)=NC(O)C21. The Bertz CT molecular complexity index is 1100. The van der Waals surface area contributed by atoms with Crippen LogP contribution in [0.2, 0.25) is 5.02 Å². The molecule has 2 aliphatic heterocycles. The molecule has 0 aromatic heterocycles. The van der Waals surface area contributed by atoms with E-state index in [9.17, 15) is 25.3 Å². The highest BCUT2D eigenvalue weighted by Gasteiger charge is 2.45. The van der Waals surface area contributed by atoms with E-state index >= 15 is 0 Å². The fourth-order valence-corrected chi connectivity index (χ4v) is 3.60. The number of amidine groups is 2. The topological polar surface area (TPSA) is 146 Å². The number of hydrogen-bond donors (Lipinski definition) is 2. The summed E-state index contributed by atoms with van der Waals surface area (Å²) in [6, 6.07) is 9.72. The first-order chi connectivity index (χ1) is 14.3. The first-order valence-corrected chi connectivity index (χ1v) is 9.23. The smallest absolute Gasteiger partial charge is 0.301 e. The molecular weight excluding hydrogens is 416 g/mol. The molecule has 1 saturated heterocycles. The summed E-state index contributed by atoms with van der Waals surface area (Å²) < 4.78 is 0. The van der Waals surface area contributed by atoms with Crippen molar-refractivity contribution in [2.45, 2.75) is 19.2 Å². The van der Waals surface area contributed by atoms with Gasteiger partial charge in [-0.25, -0.2) is 15.4 Å². The molecule has 12 heteroatoms. The molecule has 0 radical (unpaired) electrons. The number of non-ortho nitro benzene ring substituents is 1. The van der Waals surface area contributed by atoms with Gasteiger partial charge in [-0.2, -0.15) is 0 Å². The normalized spacial score (nSPS) is 22.9. The van der Waals surface area contributed by atoms with Crippen molar-refractivity contribution in [1.82, 2.24) is 5.43 Å². The van der Waals surface area contributed by atoms with E-state index in [1.54, 1.807) is 31.2 Å². The molecule has 4 rings (SSSR count). The number of aliphatic imine (C=N–C) groups is 2. The number of fused-ring (bicyclic) bond motifs is 1. The van der Waals surface area contributed by atoms with Crippen LogP contribution in [0.25, 0.3) is 0 Å². The summed E-state index contributed by atoms with van der Waals surface area (Å²) in [7, 11) is 0. The van der Waals surface area contributed by atoms with Gasteiger partial charge in [0.15, 0.2) is 12.1 Å². The molecule has 2 aliphatic rings. The number of halogens is 1. The molecule has 11 nitrogen and oxygen atoms in total. The average molecular weight is 431 g/mol. The van der Waals surface area contributed by atoms with E-state index in [2.05, 4.69) is 15.4 Å². The van der Waals surface area contributed by atoms with Crippen LogP contribution in [0, 0.1) is 26.1 Å². The number of nitrogens with zero attached hydrogens (tertiary/aromatic N) is 5. The number of rotatable bonds is 4. The Kier molecular flexibility index (Phi) is 4.94. The van der Waals surface area contributed by atoms with Crippen molar-refractivity contribution in [2.24, 2.45) is 15.9 Å². The molecule has 154 valence electrons. The molecule has 0 spiro atoms. The zero-order valence-electron chi connectivity index (χ0n) is 15.5. The number of hydrazine groups is 1. The van der Waals surface area contributed by atoms with Gasteiger partial charge in [-0.3, -0.25) is 25.2 Å². The van der Waals surface area contributed by atoms with Crippen molar-refractivity contribution >= 4 is 40.3 Å². The lowest BCUT2D eigenvalue weighted by atomic mass is 9.98. The van der Waals surface area contributed by atoms with Crippen molar-refractivity contribution in [2.75, 3.05) is 5.01 Å². The van der Waals surface area contributed by atoms with Crippen LogP contribution in [-0.4, -0.2) is 38.9 Å². The van der Waals surface area contributed by atoms with Crippen LogP contribution in [0.3, 0.4) is 0 Å². The summed E-state index contributed by atoms with van der Waals surface area (Å²) in [5, 5.41) is 35.1. The second-order valence-corrected chi connectivity index (χ2v) is 7.25. The van der Waals surface area contributed by atoms with E-state index in [4.69, 9.17) is 11.6 Å². The zero-order chi connectivity index (χ0) is 21.6. The van der Waals surface area contributed by atoms with Gasteiger partial charge < -0.3 is 5.11 Å². The van der Waals surface area contributed by atoms with Crippen LogP contribution in [-0.2, 0) is 0 Å². The lowest BCUT2D eigenvalue weighted by molar-refractivity contribution is -0.393. The Morgan fingerprint density at radius 3 is 2.47 bits per heavy atom. The van der Waals surface area contributed by atoms with Crippen LogP contribution in [0.15, 0.2) is 52.4 Å². The van der Waals surface area contributed by atoms with Crippen molar-refractivity contribution in [3.8, 4) is 0 Å². The standard InChI is InChI=1S/C18H15ClN6O5/c1-9-15-17(20-16(21-18(15)26)10-2-4-11(19)5-3-10)23(22-9)13-7-6-12(24(27)28)8-14(13)25(29)30/h2-9,15,18,22,26H,1H3. The van der Waals surface area contributed by atoms with E-state index in [1.165, 1.54) is 17.1 Å². The van der Waals surface area contributed by atoms with E-state index < -0.39 is 33.4 Å². The second-order valence-electron chi connectivity index (χ2n) is 6.81. The lowest BCUT2D eigenvalue weighted by Crippen LogP contribution is -2.39. The summed E-state index contributed by atoms with van der Waals surface area (Å²) in [5.41, 5.74) is 2.87. The molecule has 0 amide bonds. The first kappa shape index (κ1) is 19.9. The number of nitrogens with one attached hydrogen (secondary N) is 1. The van der Waals surface area contributed by atoms with Crippen LogP contribution >= 0.6 is 11.6 Å². The molecule has 30 heavy (non-hydrogen) atoms. The Balaban J connectivity index is 1.81. The Labute approximate surface area is 174 Å². The summed E-state index contributed by atoms with van der Waals surface area (Å²) in [6.45, 7) is 1.78. The van der Waals surface area contributed by atoms with Crippen LogP contribution in [0.4, 0.5) is 17.1 Å². The number of hydrogen-bond acceptors (Lipinski definition) is 9. The van der Waals surface area contributed by atoms with Crippen molar-refractivity contribution < 1.29 is 15.0 Å². The molecule has 3 unspecified atom stereocenters. The molecule has 2 heterocycles. The van der Waals surface area contributed by atoms with Crippen molar-refractivity contribution in [3.05, 3.63) is 73.3 Å². The number of nitro benzene ring substituents is 2. The predicted octanol–water partition coefficient (Wildman–Crippen LogP) is 2.66. The fourth-order valence-electron chi connectivity index (χ4n) is 3.47. The van der Waals surface area contributed by atoms with E-state index in [0.29, 0.717) is 16.4 Å². The van der Waals surface area contributed by atoms with Crippen molar-refractivity contribution in [3.63, 3.8) is 0 Å². The largest absolute Gasteiger partial charge is 0.371 e. The van der Waals surface area contributed by atoms with E-state index in [-0.39, 0.29) is 17.6 Å². The maximum absolute atomic E-state index is 11.6. The number of nitro groups is 2. The van der Waals surface area contributed by atoms with Gasteiger partial charge in [0.05, 0.1) is 21.8 Å². The third kappa shape index (κ3) is 3.38. The maximum Gasteiger partial charge on any atom is 0.301 e. The molecule has 2 N–H and O–H groups in total. The Morgan fingerprint density at radius 1 is 1.13 bits per heavy atom.